The lowest BCUT2D eigenvalue weighted by molar-refractivity contribution is -0.136. The maximum absolute atomic E-state index is 11.3. The number of esters is 1. The van der Waals surface area contributed by atoms with E-state index < -0.39 is 5.97 Å². The van der Waals surface area contributed by atoms with Gasteiger partial charge in [0.15, 0.2) is 11.5 Å². The molecule has 0 radical (unpaired) electrons. The Kier molecular flexibility index (Phi) is 8.97. The fourth-order valence-corrected chi connectivity index (χ4v) is 2.29. The highest BCUT2D eigenvalue weighted by Gasteiger charge is 2.13. The highest BCUT2D eigenvalue weighted by Crippen LogP contribution is 2.20. The molecule has 0 spiro atoms. The summed E-state index contributed by atoms with van der Waals surface area (Å²) in [6.45, 7) is 13.7. The standard InChI is InChI=1S/C18H28N6O2/c1-7-9-24(17-14(3)13(2)15(4)22-23-17)10-8-20-12-21-11-16(19-5)18(25)26-6/h11-12H,5,7-10H2,1-4,6H3,(H,20,21)/b16-11-. The van der Waals surface area contributed by atoms with Gasteiger partial charge in [0.25, 0.3) is 0 Å². The average molecular weight is 360 g/mol. The van der Waals surface area contributed by atoms with E-state index in [0.717, 1.165) is 36.6 Å². The van der Waals surface area contributed by atoms with Crippen LogP contribution in [0.15, 0.2) is 21.9 Å². The van der Waals surface area contributed by atoms with Crippen molar-refractivity contribution in [1.82, 2.24) is 15.5 Å². The van der Waals surface area contributed by atoms with Crippen molar-refractivity contribution >= 4 is 24.8 Å². The molecule has 142 valence electrons. The monoisotopic (exact) mass is 360 g/mol. The molecule has 0 aliphatic carbocycles. The second-order valence-corrected chi connectivity index (χ2v) is 5.73. The van der Waals surface area contributed by atoms with Gasteiger partial charge in [-0.1, -0.05) is 6.92 Å². The van der Waals surface area contributed by atoms with Crippen molar-refractivity contribution in [3.63, 3.8) is 0 Å². The minimum atomic E-state index is -0.557. The molecule has 1 rings (SSSR count). The van der Waals surface area contributed by atoms with E-state index in [9.17, 15) is 4.79 Å². The number of hydrogen-bond donors (Lipinski definition) is 1. The molecular weight excluding hydrogens is 332 g/mol. The van der Waals surface area contributed by atoms with Crippen LogP contribution in [0.4, 0.5) is 5.82 Å². The van der Waals surface area contributed by atoms with Gasteiger partial charge in [-0.05, 0) is 45.0 Å². The van der Waals surface area contributed by atoms with Gasteiger partial charge in [0.05, 0.1) is 25.7 Å². The molecule has 0 saturated carbocycles. The lowest BCUT2D eigenvalue weighted by atomic mass is 10.1. The third-order valence-corrected chi connectivity index (χ3v) is 3.98. The molecule has 0 bridgehead atoms. The zero-order valence-corrected chi connectivity index (χ0v) is 16.2. The third kappa shape index (κ3) is 5.94. The largest absolute Gasteiger partial charge is 0.464 e. The van der Waals surface area contributed by atoms with Gasteiger partial charge in [0.2, 0.25) is 0 Å². The Labute approximate surface area is 155 Å². The van der Waals surface area contributed by atoms with Crippen LogP contribution in [-0.2, 0) is 9.53 Å². The van der Waals surface area contributed by atoms with Crippen molar-refractivity contribution in [2.24, 2.45) is 9.98 Å². The quantitative estimate of drug-likeness (QED) is 0.297. The van der Waals surface area contributed by atoms with Crippen LogP contribution in [0.25, 0.3) is 0 Å². The second-order valence-electron chi connectivity index (χ2n) is 5.73. The summed E-state index contributed by atoms with van der Waals surface area (Å²) < 4.78 is 4.57. The third-order valence-electron chi connectivity index (χ3n) is 3.98. The van der Waals surface area contributed by atoms with Gasteiger partial charge in [-0.3, -0.25) is 9.98 Å². The van der Waals surface area contributed by atoms with Crippen LogP contribution in [-0.4, -0.2) is 56.0 Å². The zero-order valence-electron chi connectivity index (χ0n) is 16.2. The molecule has 1 N–H and O–H groups in total. The first-order valence-corrected chi connectivity index (χ1v) is 8.51. The summed E-state index contributed by atoms with van der Waals surface area (Å²) in [6.07, 6.45) is 3.91. The van der Waals surface area contributed by atoms with Crippen molar-refractivity contribution in [3.05, 3.63) is 28.7 Å². The highest BCUT2D eigenvalue weighted by atomic mass is 16.5. The van der Waals surface area contributed by atoms with Crippen molar-refractivity contribution in [2.75, 3.05) is 31.6 Å². The van der Waals surface area contributed by atoms with Crippen LogP contribution in [0.1, 0.15) is 30.2 Å². The van der Waals surface area contributed by atoms with E-state index in [1.54, 1.807) is 0 Å². The number of aromatic nitrogens is 2. The van der Waals surface area contributed by atoms with Gasteiger partial charge in [-0.2, -0.15) is 5.10 Å². The van der Waals surface area contributed by atoms with E-state index in [4.69, 9.17) is 0 Å². The smallest absolute Gasteiger partial charge is 0.358 e. The number of methoxy groups -OCH3 is 1. The molecule has 0 saturated heterocycles. The summed E-state index contributed by atoms with van der Waals surface area (Å²) in [4.78, 5) is 21.4. The predicted octanol–water partition coefficient (Wildman–Crippen LogP) is 1.95. The van der Waals surface area contributed by atoms with E-state index in [2.05, 4.69) is 62.6 Å². The SMILES string of the molecule is C=N/C(=C\NC=NCCN(CCC)c1nnc(C)c(C)c1C)C(=O)OC. The van der Waals surface area contributed by atoms with E-state index >= 15 is 0 Å². The first-order valence-electron chi connectivity index (χ1n) is 8.51. The summed E-state index contributed by atoms with van der Waals surface area (Å²) in [5.41, 5.74) is 3.36. The first kappa shape index (κ1) is 21.3. The van der Waals surface area contributed by atoms with Crippen LogP contribution >= 0.6 is 0 Å². The minimum absolute atomic E-state index is 0.0904. The van der Waals surface area contributed by atoms with Crippen molar-refractivity contribution in [1.29, 1.82) is 0 Å². The Morgan fingerprint density at radius 1 is 1.27 bits per heavy atom. The van der Waals surface area contributed by atoms with Crippen molar-refractivity contribution < 1.29 is 9.53 Å². The molecule has 8 nitrogen and oxygen atoms in total. The molecule has 26 heavy (non-hydrogen) atoms. The number of rotatable bonds is 10. The first-order chi connectivity index (χ1) is 12.5. The molecule has 0 aromatic carbocycles. The Morgan fingerprint density at radius 2 is 2.00 bits per heavy atom. The lowest BCUT2D eigenvalue weighted by Crippen LogP contribution is -2.29. The summed E-state index contributed by atoms with van der Waals surface area (Å²) in [5, 5.41) is 11.4. The Balaban J connectivity index is 2.67. The summed E-state index contributed by atoms with van der Waals surface area (Å²) in [7, 11) is 1.29. The van der Waals surface area contributed by atoms with Crippen LogP contribution in [0, 0.1) is 20.8 Å². The number of aryl methyl sites for hydroxylation is 1. The second kappa shape index (κ2) is 11.0. The van der Waals surface area contributed by atoms with Crippen LogP contribution in [0.5, 0.6) is 0 Å². The fourth-order valence-electron chi connectivity index (χ4n) is 2.29. The lowest BCUT2D eigenvalue weighted by Gasteiger charge is -2.24. The average Bonchev–Trinajstić information content (AvgIpc) is 2.64. The molecule has 8 heteroatoms. The van der Waals surface area contributed by atoms with Gasteiger partial charge >= 0.3 is 5.97 Å². The molecule has 0 amide bonds. The number of hydrogen-bond acceptors (Lipinski definition) is 7. The van der Waals surface area contributed by atoms with Gasteiger partial charge in [0.1, 0.15) is 0 Å². The molecule has 1 heterocycles. The number of nitrogens with one attached hydrogen (secondary N) is 1. The number of ether oxygens (including phenoxy) is 1. The maximum atomic E-state index is 11.3. The Morgan fingerprint density at radius 3 is 2.62 bits per heavy atom. The topological polar surface area (TPSA) is 92.1 Å². The maximum Gasteiger partial charge on any atom is 0.358 e. The molecule has 0 unspecified atom stereocenters. The number of anilines is 1. The number of aliphatic imine (C=N–C) groups is 2. The van der Waals surface area contributed by atoms with Gasteiger partial charge in [-0.25, -0.2) is 4.79 Å². The van der Waals surface area contributed by atoms with Crippen LogP contribution in [0.3, 0.4) is 0 Å². The van der Waals surface area contributed by atoms with Gasteiger partial charge in [-0.15, -0.1) is 5.10 Å². The summed E-state index contributed by atoms with van der Waals surface area (Å²) in [6, 6.07) is 0. The molecule has 0 aliphatic rings. The van der Waals surface area contributed by atoms with E-state index in [1.807, 2.05) is 6.92 Å². The predicted molar refractivity (Wildman–Crippen MR) is 105 cm³/mol. The van der Waals surface area contributed by atoms with Gasteiger partial charge in [0, 0.05) is 19.3 Å². The number of carbonyl (C=O) groups is 1. The van der Waals surface area contributed by atoms with E-state index in [-0.39, 0.29) is 5.70 Å². The van der Waals surface area contributed by atoms with Gasteiger partial charge < -0.3 is 15.0 Å². The van der Waals surface area contributed by atoms with Crippen LogP contribution < -0.4 is 10.2 Å². The van der Waals surface area contributed by atoms with Crippen molar-refractivity contribution in [2.45, 2.75) is 34.1 Å². The molecular formula is C18H28N6O2. The number of nitrogens with zero attached hydrogens (tertiary/aromatic N) is 5. The molecule has 0 fully saturated rings. The van der Waals surface area contributed by atoms with Crippen molar-refractivity contribution in [3.8, 4) is 0 Å². The Hall–Kier alpha value is -2.77. The summed E-state index contributed by atoms with van der Waals surface area (Å²) in [5.74, 6) is 0.348. The zero-order chi connectivity index (χ0) is 19.5. The van der Waals surface area contributed by atoms with Crippen LogP contribution in [0.2, 0.25) is 0 Å². The number of carbonyl (C=O) groups excluding carboxylic acids is 1. The molecule has 1 aromatic rings. The minimum Gasteiger partial charge on any atom is -0.464 e. The molecule has 0 atom stereocenters. The Bertz CT molecular complexity index is 685. The van der Waals surface area contributed by atoms with E-state index in [0.29, 0.717) is 6.54 Å². The van der Waals surface area contributed by atoms with E-state index in [1.165, 1.54) is 25.2 Å². The summed E-state index contributed by atoms with van der Waals surface area (Å²) >= 11 is 0. The highest BCUT2D eigenvalue weighted by molar-refractivity contribution is 5.88. The fraction of sp³-hybridized carbons (Fsp3) is 0.500. The molecule has 0 aliphatic heterocycles. The normalized spacial score (nSPS) is 11.5. The molecule has 1 aromatic heterocycles.